The summed E-state index contributed by atoms with van der Waals surface area (Å²) in [4.78, 5) is 11.0. The number of nitrogens with zero attached hydrogens (tertiary/aromatic N) is 4. The topological polar surface area (TPSA) is 94.0 Å². The molecule has 0 unspecified atom stereocenters. The second-order valence-electron chi connectivity index (χ2n) is 6.57. The molecule has 4 rings (SSSR count). The second-order valence-corrected chi connectivity index (χ2v) is 7.88. The van der Waals surface area contributed by atoms with E-state index >= 15 is 0 Å². The molecule has 0 radical (unpaired) electrons. The van der Waals surface area contributed by atoms with Crippen LogP contribution in [0.2, 0.25) is 0 Å². The fourth-order valence-electron chi connectivity index (χ4n) is 2.88. The Morgan fingerprint density at radius 2 is 1.93 bits per heavy atom. The van der Waals surface area contributed by atoms with Crippen LogP contribution in [0.25, 0.3) is 22.6 Å². The number of hydrogen-bond acceptors (Lipinski definition) is 6. The van der Waals surface area contributed by atoms with Crippen molar-refractivity contribution in [3.05, 3.63) is 72.1 Å². The highest BCUT2D eigenvalue weighted by atomic mass is 32.2. The van der Waals surface area contributed by atoms with Gasteiger partial charge in [0.05, 0.1) is 5.56 Å². The number of benzene rings is 2. The van der Waals surface area contributed by atoms with Crippen LogP contribution in [-0.2, 0) is 7.05 Å². The van der Waals surface area contributed by atoms with Crippen LogP contribution < -0.4 is 0 Å². The van der Waals surface area contributed by atoms with Gasteiger partial charge in [-0.15, -0.1) is 10.2 Å². The molecule has 1 atom stereocenters. The van der Waals surface area contributed by atoms with Crippen molar-refractivity contribution in [2.45, 2.75) is 17.3 Å². The number of thioether (sulfide) groups is 1. The van der Waals surface area contributed by atoms with Gasteiger partial charge in [0.25, 0.3) is 0 Å². The van der Waals surface area contributed by atoms with E-state index in [1.807, 2.05) is 29.8 Å². The molecular weight excluding hydrogens is 388 g/mol. The molecule has 8 heteroatoms. The minimum atomic E-state index is -0.956. The summed E-state index contributed by atoms with van der Waals surface area (Å²) in [7, 11) is 1.92. The third-order valence-electron chi connectivity index (χ3n) is 4.53. The van der Waals surface area contributed by atoms with E-state index in [4.69, 9.17) is 9.63 Å². The molecule has 0 bridgehead atoms. The monoisotopic (exact) mass is 406 g/mol. The number of aromatic nitrogens is 4. The highest BCUT2D eigenvalue weighted by Crippen LogP contribution is 2.35. The minimum absolute atomic E-state index is 0.184. The highest BCUT2D eigenvalue weighted by Gasteiger charge is 2.14. The first-order chi connectivity index (χ1) is 14.0. The van der Waals surface area contributed by atoms with Crippen molar-refractivity contribution in [3.8, 4) is 22.6 Å². The van der Waals surface area contributed by atoms with Gasteiger partial charge < -0.3 is 14.2 Å². The lowest BCUT2D eigenvalue weighted by Gasteiger charge is -2.11. The molecule has 1 N–H and O–H groups in total. The number of aryl methyl sites for hydroxylation is 1. The van der Waals surface area contributed by atoms with Crippen LogP contribution in [0.1, 0.15) is 28.1 Å². The molecule has 0 spiro atoms. The Bertz CT molecular complexity index is 1150. The van der Waals surface area contributed by atoms with E-state index < -0.39 is 5.97 Å². The van der Waals surface area contributed by atoms with Crippen molar-refractivity contribution in [2.24, 2.45) is 7.05 Å². The van der Waals surface area contributed by atoms with Crippen molar-refractivity contribution in [3.63, 3.8) is 0 Å². The third kappa shape index (κ3) is 4.07. The van der Waals surface area contributed by atoms with Crippen molar-refractivity contribution in [1.82, 2.24) is 19.9 Å². The first-order valence-electron chi connectivity index (χ1n) is 8.92. The van der Waals surface area contributed by atoms with E-state index in [9.17, 15) is 4.79 Å². The summed E-state index contributed by atoms with van der Waals surface area (Å²) >= 11 is 1.63. The molecule has 0 aliphatic heterocycles. The molecule has 0 aliphatic carbocycles. The molecule has 4 aromatic rings. The summed E-state index contributed by atoms with van der Waals surface area (Å²) < 4.78 is 7.44. The van der Waals surface area contributed by atoms with Gasteiger partial charge in [-0.1, -0.05) is 47.3 Å². The summed E-state index contributed by atoms with van der Waals surface area (Å²) in [5, 5.41) is 22.2. The van der Waals surface area contributed by atoms with E-state index in [-0.39, 0.29) is 10.8 Å². The van der Waals surface area contributed by atoms with Gasteiger partial charge >= 0.3 is 5.97 Å². The molecule has 0 saturated carbocycles. The largest absolute Gasteiger partial charge is 0.478 e. The lowest BCUT2D eigenvalue weighted by atomic mass is 10.1. The molecular formula is C21H18N4O3S. The Hall–Kier alpha value is -3.39. The fraction of sp³-hybridized carbons (Fsp3) is 0.143. The van der Waals surface area contributed by atoms with Gasteiger partial charge in [0.2, 0.25) is 0 Å². The highest BCUT2D eigenvalue weighted by molar-refractivity contribution is 7.99. The Kier molecular flexibility index (Phi) is 5.18. The maximum Gasteiger partial charge on any atom is 0.335 e. The van der Waals surface area contributed by atoms with Gasteiger partial charge in [0.15, 0.2) is 10.9 Å². The Balaban J connectivity index is 1.56. The van der Waals surface area contributed by atoms with Crippen molar-refractivity contribution < 1.29 is 14.4 Å². The number of carboxylic acids is 1. The van der Waals surface area contributed by atoms with Gasteiger partial charge in [-0.2, -0.15) is 0 Å². The Morgan fingerprint density at radius 3 is 2.62 bits per heavy atom. The summed E-state index contributed by atoms with van der Waals surface area (Å²) in [6.45, 7) is 2.12. The van der Waals surface area contributed by atoms with Crippen LogP contribution in [0.5, 0.6) is 0 Å². The van der Waals surface area contributed by atoms with E-state index in [0.29, 0.717) is 11.5 Å². The average molecular weight is 406 g/mol. The molecule has 2 heterocycles. The summed E-state index contributed by atoms with van der Waals surface area (Å²) in [5.74, 6) is -0.303. The molecule has 0 fully saturated rings. The van der Waals surface area contributed by atoms with Crippen LogP contribution in [0.3, 0.4) is 0 Å². The van der Waals surface area contributed by atoms with E-state index in [0.717, 1.165) is 21.8 Å². The smallest absolute Gasteiger partial charge is 0.335 e. The van der Waals surface area contributed by atoms with E-state index in [1.165, 1.54) is 0 Å². The molecule has 2 aromatic heterocycles. The summed E-state index contributed by atoms with van der Waals surface area (Å²) in [5.41, 5.74) is 3.75. The number of hydrogen-bond donors (Lipinski definition) is 1. The summed E-state index contributed by atoms with van der Waals surface area (Å²) in [6.07, 6.45) is 1.69. The number of carbonyl (C=O) groups is 1. The Morgan fingerprint density at radius 1 is 1.14 bits per heavy atom. The second kappa shape index (κ2) is 7.92. The average Bonchev–Trinajstić information content (AvgIpc) is 3.38. The fourth-order valence-corrected chi connectivity index (χ4v) is 3.79. The number of rotatable bonds is 6. The first-order valence-corrected chi connectivity index (χ1v) is 9.80. The molecule has 0 aliphatic rings. The number of carboxylic acid groups (broad SMARTS) is 1. The summed E-state index contributed by atoms with van der Waals surface area (Å²) in [6, 6.07) is 16.5. The number of aromatic carboxylic acids is 1. The molecule has 2 aromatic carbocycles. The zero-order valence-electron chi connectivity index (χ0n) is 15.8. The Labute approximate surface area is 171 Å². The van der Waals surface area contributed by atoms with Crippen LogP contribution in [0.4, 0.5) is 0 Å². The standard InChI is InChI=1S/C21H18N4O3S/c1-13(29-21-23-22-12-25(21)2)16-4-3-5-17(10-16)19-11-18(24-28-19)14-6-8-15(9-7-14)20(26)27/h3-13H,1-2H3,(H,26,27)/t13-/m0/s1. The maximum atomic E-state index is 11.0. The quantitative estimate of drug-likeness (QED) is 0.464. The predicted molar refractivity (Wildman–Crippen MR) is 110 cm³/mol. The van der Waals surface area contributed by atoms with Crippen molar-refractivity contribution in [1.29, 1.82) is 0 Å². The normalized spacial score (nSPS) is 12.1. The first kappa shape index (κ1) is 18.9. The van der Waals surface area contributed by atoms with Gasteiger partial charge in [0.1, 0.15) is 12.0 Å². The van der Waals surface area contributed by atoms with Gasteiger partial charge in [0, 0.05) is 29.5 Å². The molecule has 0 amide bonds. The maximum absolute atomic E-state index is 11.0. The molecule has 0 saturated heterocycles. The zero-order valence-corrected chi connectivity index (χ0v) is 16.6. The van der Waals surface area contributed by atoms with Crippen LogP contribution >= 0.6 is 11.8 Å². The van der Waals surface area contributed by atoms with Crippen LogP contribution in [0.15, 0.2) is 70.6 Å². The van der Waals surface area contributed by atoms with Gasteiger partial charge in [-0.25, -0.2) is 4.79 Å². The van der Waals surface area contributed by atoms with Crippen LogP contribution in [0, 0.1) is 0 Å². The minimum Gasteiger partial charge on any atom is -0.478 e. The molecule has 146 valence electrons. The lowest BCUT2D eigenvalue weighted by molar-refractivity contribution is 0.0697. The third-order valence-corrected chi connectivity index (χ3v) is 5.74. The lowest BCUT2D eigenvalue weighted by Crippen LogP contribution is -1.94. The van der Waals surface area contributed by atoms with Crippen LogP contribution in [-0.4, -0.2) is 31.0 Å². The van der Waals surface area contributed by atoms with Crippen molar-refractivity contribution in [2.75, 3.05) is 0 Å². The SMILES string of the molecule is C[C@H](Sc1nncn1C)c1cccc(-c2cc(-c3ccc(C(=O)O)cc3)no2)c1. The zero-order chi connectivity index (χ0) is 20.4. The predicted octanol–water partition coefficient (Wildman–Crippen LogP) is 4.69. The van der Waals surface area contributed by atoms with Gasteiger partial charge in [-0.3, -0.25) is 0 Å². The van der Waals surface area contributed by atoms with Gasteiger partial charge in [-0.05, 0) is 30.7 Å². The van der Waals surface area contributed by atoms with Crippen molar-refractivity contribution >= 4 is 17.7 Å². The van der Waals surface area contributed by atoms with E-state index in [2.05, 4.69) is 34.4 Å². The van der Waals surface area contributed by atoms with E-state index in [1.54, 1.807) is 42.4 Å². The molecule has 7 nitrogen and oxygen atoms in total. The molecule has 29 heavy (non-hydrogen) atoms.